The Labute approximate surface area is 157 Å². The number of halogens is 1. The van der Waals surface area contributed by atoms with E-state index in [2.05, 4.69) is 31.2 Å². The first-order valence-corrected chi connectivity index (χ1v) is 9.17. The van der Waals surface area contributed by atoms with E-state index < -0.39 is 5.97 Å². The van der Waals surface area contributed by atoms with Crippen LogP contribution in [0.4, 0.5) is 11.5 Å². The summed E-state index contributed by atoms with van der Waals surface area (Å²) in [4.78, 5) is 31.8. The summed E-state index contributed by atoms with van der Waals surface area (Å²) in [5, 5.41) is 3.14. The number of aromatic nitrogens is 2. The molecule has 0 unspecified atom stereocenters. The number of hydrogen-bond acceptors (Lipinski definition) is 7. The minimum atomic E-state index is -0.569. The van der Waals surface area contributed by atoms with Crippen molar-refractivity contribution in [1.29, 1.82) is 0 Å². The maximum atomic E-state index is 12.1. The highest BCUT2D eigenvalue weighted by Gasteiger charge is 2.14. The van der Waals surface area contributed by atoms with Crippen molar-refractivity contribution in [2.24, 2.45) is 0 Å². The van der Waals surface area contributed by atoms with E-state index in [-0.39, 0.29) is 29.6 Å². The minimum absolute atomic E-state index is 0.0279. The molecule has 25 heavy (non-hydrogen) atoms. The first-order valence-electron chi connectivity index (χ1n) is 7.39. The molecule has 1 heterocycles. The molecule has 0 aliphatic heterocycles. The zero-order valence-corrected chi connectivity index (χ0v) is 16.1. The van der Waals surface area contributed by atoms with Gasteiger partial charge in [-0.05, 0) is 37.6 Å². The third-order valence-electron chi connectivity index (χ3n) is 3.09. The van der Waals surface area contributed by atoms with Crippen LogP contribution in [-0.2, 0) is 9.53 Å². The molecule has 0 atom stereocenters. The van der Waals surface area contributed by atoms with Gasteiger partial charge in [-0.1, -0.05) is 27.7 Å². The molecule has 0 aliphatic rings. The Bertz CT molecular complexity index is 801. The van der Waals surface area contributed by atoms with E-state index in [1.807, 2.05) is 25.1 Å². The largest absolute Gasteiger partial charge is 0.462 e. The number of carbonyl (C=O) groups excluding carboxylic acids is 2. The average molecular weight is 425 g/mol. The number of nitrogens with two attached hydrogens (primary N) is 1. The van der Waals surface area contributed by atoms with Crippen LogP contribution < -0.4 is 11.1 Å². The summed E-state index contributed by atoms with van der Waals surface area (Å²) < 4.78 is 5.81. The normalized spacial score (nSPS) is 10.4. The Morgan fingerprint density at radius 3 is 2.80 bits per heavy atom. The zero-order chi connectivity index (χ0) is 18.4. The highest BCUT2D eigenvalue weighted by molar-refractivity contribution is 9.10. The lowest BCUT2D eigenvalue weighted by Gasteiger charge is -2.09. The molecule has 7 nitrogen and oxygen atoms in total. The fraction of sp³-hybridized carbons (Fsp3) is 0.250. The first kappa shape index (κ1) is 19.2. The number of carbonyl (C=O) groups is 2. The van der Waals surface area contributed by atoms with Crippen molar-refractivity contribution >= 4 is 51.1 Å². The van der Waals surface area contributed by atoms with Gasteiger partial charge in [0.25, 0.3) is 0 Å². The number of benzene rings is 1. The molecule has 0 saturated heterocycles. The van der Waals surface area contributed by atoms with Gasteiger partial charge in [-0.2, -0.15) is 0 Å². The number of ether oxygens (including phenoxy) is 1. The van der Waals surface area contributed by atoms with E-state index >= 15 is 0 Å². The summed E-state index contributed by atoms with van der Waals surface area (Å²) >= 11 is 4.51. The molecule has 0 bridgehead atoms. The van der Waals surface area contributed by atoms with Crippen molar-refractivity contribution in [2.75, 3.05) is 23.4 Å². The summed E-state index contributed by atoms with van der Waals surface area (Å²) in [6.45, 7) is 3.85. The van der Waals surface area contributed by atoms with Crippen molar-refractivity contribution in [3.63, 3.8) is 0 Å². The van der Waals surface area contributed by atoms with Crippen LogP contribution in [0.25, 0.3) is 0 Å². The van der Waals surface area contributed by atoms with Crippen LogP contribution in [0.3, 0.4) is 0 Å². The zero-order valence-electron chi connectivity index (χ0n) is 13.7. The number of anilines is 2. The maximum absolute atomic E-state index is 12.1. The summed E-state index contributed by atoms with van der Waals surface area (Å²) in [6, 6.07) is 5.60. The Kier molecular flexibility index (Phi) is 6.77. The Morgan fingerprint density at radius 2 is 2.16 bits per heavy atom. The van der Waals surface area contributed by atoms with Crippen LogP contribution in [0.15, 0.2) is 34.0 Å². The Balaban J connectivity index is 1.95. The molecule has 0 radical (unpaired) electrons. The summed E-state index contributed by atoms with van der Waals surface area (Å²) in [5.41, 5.74) is 7.55. The van der Waals surface area contributed by atoms with Crippen molar-refractivity contribution in [3.8, 4) is 0 Å². The van der Waals surface area contributed by atoms with Crippen LogP contribution >= 0.6 is 27.7 Å². The second kappa shape index (κ2) is 8.82. The quantitative estimate of drug-likeness (QED) is 0.416. The predicted octanol–water partition coefficient (Wildman–Crippen LogP) is 3.04. The fourth-order valence-corrected chi connectivity index (χ4v) is 3.00. The summed E-state index contributed by atoms with van der Waals surface area (Å²) in [5.74, 6) is -0.611. The molecule has 2 aromatic rings. The molecule has 0 fully saturated rings. The molecule has 0 saturated carbocycles. The lowest BCUT2D eigenvalue weighted by molar-refractivity contribution is -0.113. The molecule has 1 amide bonds. The number of nitrogens with one attached hydrogen (secondary N) is 1. The molecule has 9 heteroatoms. The molecule has 0 spiro atoms. The standard InChI is InChI=1S/C16H17BrN4O3S/c1-3-24-15(23)11-7-19-16(21-14(11)18)25-8-13(22)20-12-5-4-10(17)6-9(12)2/h4-7H,3,8H2,1-2H3,(H,20,22)(H2,18,19,21). The summed E-state index contributed by atoms with van der Waals surface area (Å²) in [6.07, 6.45) is 1.30. The third-order valence-corrected chi connectivity index (χ3v) is 4.44. The number of nitrogens with zero attached hydrogens (tertiary/aromatic N) is 2. The van der Waals surface area contributed by atoms with Crippen LogP contribution in [0, 0.1) is 6.92 Å². The highest BCUT2D eigenvalue weighted by Crippen LogP contribution is 2.21. The second-order valence-electron chi connectivity index (χ2n) is 4.97. The minimum Gasteiger partial charge on any atom is -0.462 e. The van der Waals surface area contributed by atoms with E-state index in [0.29, 0.717) is 5.16 Å². The lowest BCUT2D eigenvalue weighted by atomic mass is 10.2. The van der Waals surface area contributed by atoms with Gasteiger partial charge in [0.05, 0.1) is 12.4 Å². The number of rotatable bonds is 6. The van der Waals surface area contributed by atoms with Crippen LogP contribution in [0.2, 0.25) is 0 Å². The van der Waals surface area contributed by atoms with Gasteiger partial charge < -0.3 is 15.8 Å². The topological polar surface area (TPSA) is 107 Å². The molecule has 1 aromatic heterocycles. The maximum Gasteiger partial charge on any atom is 0.343 e. The number of aryl methyl sites for hydroxylation is 1. The van der Waals surface area contributed by atoms with Gasteiger partial charge in [-0.15, -0.1) is 0 Å². The van der Waals surface area contributed by atoms with E-state index in [1.54, 1.807) is 6.92 Å². The highest BCUT2D eigenvalue weighted by atomic mass is 79.9. The van der Waals surface area contributed by atoms with E-state index in [0.717, 1.165) is 27.5 Å². The second-order valence-corrected chi connectivity index (χ2v) is 6.83. The van der Waals surface area contributed by atoms with Crippen molar-refractivity contribution in [1.82, 2.24) is 9.97 Å². The molecule has 3 N–H and O–H groups in total. The smallest absolute Gasteiger partial charge is 0.343 e. The van der Waals surface area contributed by atoms with Gasteiger partial charge in [-0.25, -0.2) is 14.8 Å². The molecular formula is C16H17BrN4O3S. The molecule has 0 aliphatic carbocycles. The average Bonchev–Trinajstić information content (AvgIpc) is 2.56. The van der Waals surface area contributed by atoms with Gasteiger partial charge in [0.15, 0.2) is 5.16 Å². The number of thioether (sulfide) groups is 1. The number of nitrogen functional groups attached to an aromatic ring is 1. The molecule has 1 aromatic carbocycles. The fourth-order valence-electron chi connectivity index (χ4n) is 1.90. The summed E-state index contributed by atoms with van der Waals surface area (Å²) in [7, 11) is 0. The third kappa shape index (κ3) is 5.43. The molecule has 132 valence electrons. The SMILES string of the molecule is CCOC(=O)c1cnc(SCC(=O)Nc2ccc(Br)cc2C)nc1N. The van der Waals surface area contributed by atoms with Gasteiger partial charge in [0.1, 0.15) is 11.4 Å². The van der Waals surface area contributed by atoms with Crippen LogP contribution in [0.1, 0.15) is 22.8 Å². The van der Waals surface area contributed by atoms with Crippen molar-refractivity contribution in [3.05, 3.63) is 40.0 Å². The number of hydrogen-bond donors (Lipinski definition) is 2. The number of esters is 1. The Hall–Kier alpha value is -2.13. The van der Waals surface area contributed by atoms with E-state index in [4.69, 9.17) is 10.5 Å². The molecular weight excluding hydrogens is 408 g/mol. The Morgan fingerprint density at radius 1 is 1.40 bits per heavy atom. The van der Waals surface area contributed by atoms with Gasteiger partial charge in [0, 0.05) is 16.4 Å². The van der Waals surface area contributed by atoms with Gasteiger partial charge in [0.2, 0.25) is 5.91 Å². The van der Waals surface area contributed by atoms with Gasteiger partial charge >= 0.3 is 5.97 Å². The predicted molar refractivity (Wildman–Crippen MR) is 101 cm³/mol. The van der Waals surface area contributed by atoms with Crippen molar-refractivity contribution < 1.29 is 14.3 Å². The van der Waals surface area contributed by atoms with Crippen LogP contribution in [0.5, 0.6) is 0 Å². The van der Waals surface area contributed by atoms with Gasteiger partial charge in [-0.3, -0.25) is 4.79 Å². The number of amides is 1. The van der Waals surface area contributed by atoms with E-state index in [9.17, 15) is 9.59 Å². The first-order chi connectivity index (χ1) is 11.9. The lowest BCUT2D eigenvalue weighted by Crippen LogP contribution is -2.15. The van der Waals surface area contributed by atoms with E-state index in [1.165, 1.54) is 6.20 Å². The van der Waals surface area contributed by atoms with Crippen molar-refractivity contribution in [2.45, 2.75) is 19.0 Å². The van der Waals surface area contributed by atoms with Crippen LogP contribution in [-0.4, -0.2) is 34.2 Å². The molecule has 2 rings (SSSR count). The monoisotopic (exact) mass is 424 g/mol.